The summed E-state index contributed by atoms with van der Waals surface area (Å²) in [4.78, 5) is 12.1. The molecule has 0 aromatic heterocycles. The normalized spacial score (nSPS) is 20.9. The van der Waals surface area contributed by atoms with Gasteiger partial charge in [0.05, 0.1) is 0 Å². The average Bonchev–Trinajstić information content (AvgIpc) is 2.57. The molecule has 86 valence electrons. The van der Waals surface area contributed by atoms with Crippen LogP contribution in [0.2, 0.25) is 0 Å². The molecule has 0 fully saturated rings. The van der Waals surface area contributed by atoms with E-state index in [9.17, 15) is 4.79 Å². The Labute approximate surface area is 97.9 Å². The highest BCUT2D eigenvalue weighted by Crippen LogP contribution is 2.31. The molecule has 1 nitrogen and oxygen atoms in total. The summed E-state index contributed by atoms with van der Waals surface area (Å²) in [6.45, 7) is 4.47. The molecule has 0 saturated heterocycles. The van der Waals surface area contributed by atoms with Crippen molar-refractivity contribution in [3.63, 3.8) is 0 Å². The van der Waals surface area contributed by atoms with Crippen LogP contribution < -0.4 is 0 Å². The van der Waals surface area contributed by atoms with Crippen LogP contribution in [0.5, 0.6) is 0 Å². The summed E-state index contributed by atoms with van der Waals surface area (Å²) in [5.74, 6) is 1.30. The van der Waals surface area contributed by atoms with Crippen LogP contribution >= 0.6 is 0 Å². The van der Waals surface area contributed by atoms with E-state index < -0.39 is 0 Å². The lowest BCUT2D eigenvalue weighted by Crippen LogP contribution is -2.13. The highest BCUT2D eigenvalue weighted by atomic mass is 16.1. The molecule has 16 heavy (non-hydrogen) atoms. The Hall–Kier alpha value is -1.11. The quantitative estimate of drug-likeness (QED) is 0.746. The van der Waals surface area contributed by atoms with Gasteiger partial charge in [0, 0.05) is 11.5 Å². The van der Waals surface area contributed by atoms with Gasteiger partial charge in [0.1, 0.15) is 0 Å². The molecule has 2 atom stereocenters. The minimum atomic E-state index is 0.249. The second kappa shape index (κ2) is 4.82. The topological polar surface area (TPSA) is 17.1 Å². The SMILES string of the molecule is CCCC(C)CC1Cc2ccccc2C1=O. The van der Waals surface area contributed by atoms with Crippen molar-refractivity contribution in [2.75, 3.05) is 0 Å². The third kappa shape index (κ3) is 2.18. The Morgan fingerprint density at radius 2 is 2.12 bits per heavy atom. The Bertz CT molecular complexity index is 381. The van der Waals surface area contributed by atoms with Crippen LogP contribution in [0.15, 0.2) is 24.3 Å². The summed E-state index contributed by atoms with van der Waals surface area (Å²) in [6, 6.07) is 8.07. The van der Waals surface area contributed by atoms with E-state index in [0.29, 0.717) is 11.7 Å². The molecule has 0 amide bonds. The van der Waals surface area contributed by atoms with E-state index in [1.807, 2.05) is 18.2 Å². The Balaban J connectivity index is 2.04. The smallest absolute Gasteiger partial charge is 0.166 e. The van der Waals surface area contributed by atoms with Crippen LogP contribution in [0.1, 0.15) is 49.0 Å². The fraction of sp³-hybridized carbons (Fsp3) is 0.533. The van der Waals surface area contributed by atoms with Crippen molar-refractivity contribution in [1.82, 2.24) is 0 Å². The van der Waals surface area contributed by atoms with Crippen LogP contribution in [0.3, 0.4) is 0 Å². The van der Waals surface area contributed by atoms with E-state index in [4.69, 9.17) is 0 Å². The number of fused-ring (bicyclic) bond motifs is 1. The largest absolute Gasteiger partial charge is 0.294 e. The molecule has 2 rings (SSSR count). The van der Waals surface area contributed by atoms with E-state index in [0.717, 1.165) is 18.4 Å². The minimum absolute atomic E-state index is 0.249. The lowest BCUT2D eigenvalue weighted by molar-refractivity contribution is 0.0919. The molecule has 0 saturated carbocycles. The van der Waals surface area contributed by atoms with Crippen LogP contribution in [0.25, 0.3) is 0 Å². The number of rotatable bonds is 4. The second-order valence-electron chi connectivity index (χ2n) is 5.05. The fourth-order valence-electron chi connectivity index (χ4n) is 2.80. The molecular formula is C15H20O. The third-order valence-corrected chi connectivity index (χ3v) is 3.59. The summed E-state index contributed by atoms with van der Waals surface area (Å²) >= 11 is 0. The number of Topliss-reactive ketones (excluding diaryl/α,β-unsaturated/α-hetero) is 1. The molecule has 0 spiro atoms. The molecule has 0 aliphatic heterocycles. The monoisotopic (exact) mass is 216 g/mol. The molecule has 0 radical (unpaired) electrons. The lowest BCUT2D eigenvalue weighted by atomic mass is 9.90. The van der Waals surface area contributed by atoms with Crippen molar-refractivity contribution in [2.45, 2.75) is 39.5 Å². The number of ketones is 1. The number of carbonyl (C=O) groups excluding carboxylic acids is 1. The second-order valence-corrected chi connectivity index (χ2v) is 5.05. The van der Waals surface area contributed by atoms with Gasteiger partial charge in [0.2, 0.25) is 0 Å². The first kappa shape index (κ1) is 11.4. The van der Waals surface area contributed by atoms with E-state index in [1.165, 1.54) is 18.4 Å². The molecular weight excluding hydrogens is 196 g/mol. The van der Waals surface area contributed by atoms with Gasteiger partial charge < -0.3 is 0 Å². The number of benzene rings is 1. The zero-order valence-corrected chi connectivity index (χ0v) is 10.2. The summed E-state index contributed by atoms with van der Waals surface area (Å²) in [7, 11) is 0. The molecule has 1 aromatic carbocycles. The van der Waals surface area contributed by atoms with E-state index in [2.05, 4.69) is 19.9 Å². The van der Waals surface area contributed by atoms with Gasteiger partial charge in [-0.3, -0.25) is 4.79 Å². The van der Waals surface area contributed by atoms with Crippen molar-refractivity contribution in [3.05, 3.63) is 35.4 Å². The van der Waals surface area contributed by atoms with Gasteiger partial charge in [-0.2, -0.15) is 0 Å². The minimum Gasteiger partial charge on any atom is -0.294 e. The van der Waals surface area contributed by atoms with Gasteiger partial charge in [-0.25, -0.2) is 0 Å². The maximum Gasteiger partial charge on any atom is 0.166 e. The van der Waals surface area contributed by atoms with E-state index >= 15 is 0 Å². The van der Waals surface area contributed by atoms with Gasteiger partial charge >= 0.3 is 0 Å². The highest BCUT2D eigenvalue weighted by molar-refractivity contribution is 6.02. The van der Waals surface area contributed by atoms with Crippen molar-refractivity contribution in [3.8, 4) is 0 Å². The maximum absolute atomic E-state index is 12.1. The highest BCUT2D eigenvalue weighted by Gasteiger charge is 2.30. The van der Waals surface area contributed by atoms with Crippen LogP contribution in [0, 0.1) is 11.8 Å². The van der Waals surface area contributed by atoms with Gasteiger partial charge in [-0.15, -0.1) is 0 Å². The Morgan fingerprint density at radius 1 is 1.38 bits per heavy atom. The van der Waals surface area contributed by atoms with Crippen molar-refractivity contribution in [2.24, 2.45) is 11.8 Å². The molecule has 1 aliphatic rings. The predicted molar refractivity (Wildman–Crippen MR) is 66.7 cm³/mol. The van der Waals surface area contributed by atoms with E-state index in [1.54, 1.807) is 0 Å². The fourth-order valence-corrected chi connectivity index (χ4v) is 2.80. The maximum atomic E-state index is 12.1. The first-order chi connectivity index (χ1) is 7.72. The van der Waals surface area contributed by atoms with Gasteiger partial charge in [-0.1, -0.05) is 51.0 Å². The molecule has 0 bridgehead atoms. The molecule has 0 N–H and O–H groups in total. The average molecular weight is 216 g/mol. The predicted octanol–water partition coefficient (Wildman–Crippen LogP) is 3.87. The zero-order valence-electron chi connectivity index (χ0n) is 10.2. The van der Waals surface area contributed by atoms with Gasteiger partial charge in [0.15, 0.2) is 5.78 Å². The number of carbonyl (C=O) groups is 1. The number of hydrogen-bond acceptors (Lipinski definition) is 1. The zero-order chi connectivity index (χ0) is 11.5. The summed E-state index contributed by atoms with van der Waals surface area (Å²) in [6.07, 6.45) is 4.47. The van der Waals surface area contributed by atoms with Crippen LogP contribution in [0.4, 0.5) is 0 Å². The Morgan fingerprint density at radius 3 is 2.81 bits per heavy atom. The van der Waals surface area contributed by atoms with Crippen molar-refractivity contribution < 1.29 is 4.79 Å². The van der Waals surface area contributed by atoms with Crippen molar-refractivity contribution >= 4 is 5.78 Å². The molecule has 1 heteroatoms. The Kier molecular flexibility index (Phi) is 3.42. The summed E-state index contributed by atoms with van der Waals surface area (Å²) in [5.41, 5.74) is 2.22. The third-order valence-electron chi connectivity index (χ3n) is 3.59. The van der Waals surface area contributed by atoms with Crippen molar-refractivity contribution in [1.29, 1.82) is 0 Å². The standard InChI is InChI=1S/C15H20O/c1-3-6-11(2)9-13-10-12-7-4-5-8-14(12)15(13)16/h4-5,7-8,11,13H,3,6,9-10H2,1-2H3. The van der Waals surface area contributed by atoms with Crippen LogP contribution in [-0.2, 0) is 6.42 Å². The van der Waals surface area contributed by atoms with Crippen LogP contribution in [-0.4, -0.2) is 5.78 Å². The van der Waals surface area contributed by atoms with Gasteiger partial charge in [-0.05, 0) is 24.3 Å². The van der Waals surface area contributed by atoms with Gasteiger partial charge in [0.25, 0.3) is 0 Å². The molecule has 0 heterocycles. The first-order valence-corrected chi connectivity index (χ1v) is 6.34. The number of hydrogen-bond donors (Lipinski definition) is 0. The summed E-state index contributed by atoms with van der Waals surface area (Å²) in [5, 5.41) is 0. The summed E-state index contributed by atoms with van der Waals surface area (Å²) < 4.78 is 0. The first-order valence-electron chi connectivity index (χ1n) is 6.34. The molecule has 2 unspecified atom stereocenters. The van der Waals surface area contributed by atoms with E-state index in [-0.39, 0.29) is 5.92 Å². The lowest BCUT2D eigenvalue weighted by Gasteiger charge is -2.14. The molecule has 1 aromatic rings. The molecule has 1 aliphatic carbocycles.